The molecule has 0 fully saturated rings. The van der Waals surface area contributed by atoms with E-state index in [1.54, 1.807) is 20.9 Å². The number of anilines is 1. The third kappa shape index (κ3) is 3.26. The highest BCUT2D eigenvalue weighted by Crippen LogP contribution is 2.26. The van der Waals surface area contributed by atoms with E-state index in [1.165, 1.54) is 12.1 Å². The minimum atomic E-state index is -0.859. The molecular weight excluding hydrogens is 248 g/mol. The van der Waals surface area contributed by atoms with E-state index in [-0.39, 0.29) is 16.9 Å². The van der Waals surface area contributed by atoms with Crippen molar-refractivity contribution in [3.05, 3.63) is 33.9 Å². The van der Waals surface area contributed by atoms with Crippen LogP contribution in [-0.2, 0) is 4.79 Å². The van der Waals surface area contributed by atoms with Crippen molar-refractivity contribution in [2.24, 2.45) is 0 Å². The number of hydrogen-bond acceptors (Lipinski definition) is 5. The average molecular weight is 262 g/mol. The molecule has 0 saturated heterocycles. The number of rotatable bonds is 4. The Balaban J connectivity index is 3.12. The molecule has 7 heteroatoms. The van der Waals surface area contributed by atoms with Gasteiger partial charge in [0.1, 0.15) is 5.69 Å². The summed E-state index contributed by atoms with van der Waals surface area (Å²) in [5, 5.41) is 24.9. The molecule has 0 aliphatic heterocycles. The van der Waals surface area contributed by atoms with Gasteiger partial charge < -0.3 is 10.6 Å². The van der Waals surface area contributed by atoms with Crippen LogP contribution < -0.4 is 10.6 Å². The van der Waals surface area contributed by atoms with Gasteiger partial charge in [-0.3, -0.25) is 14.9 Å². The van der Waals surface area contributed by atoms with Gasteiger partial charge in [0, 0.05) is 6.07 Å². The molecule has 1 rings (SSSR count). The van der Waals surface area contributed by atoms with Crippen molar-refractivity contribution in [1.29, 1.82) is 5.26 Å². The lowest BCUT2D eigenvalue weighted by molar-refractivity contribution is -0.384. The van der Waals surface area contributed by atoms with Gasteiger partial charge in [0.25, 0.3) is 5.69 Å². The standard InChI is InChI=1S/C12H14N4O3/c1-12(2,14-3)11(17)15-9-5-4-8(7-13)6-10(9)16(18)19/h4-6,14H,1-3H3,(H,15,17). The second kappa shape index (κ2) is 5.46. The molecule has 0 aromatic heterocycles. The van der Waals surface area contributed by atoms with E-state index in [4.69, 9.17) is 5.26 Å². The molecule has 2 N–H and O–H groups in total. The number of nitrogens with zero attached hydrogens (tertiary/aromatic N) is 2. The smallest absolute Gasteiger partial charge is 0.294 e. The van der Waals surface area contributed by atoms with Crippen molar-refractivity contribution >= 4 is 17.3 Å². The Labute approximate surface area is 110 Å². The molecule has 0 unspecified atom stereocenters. The van der Waals surface area contributed by atoms with Crippen LogP contribution in [-0.4, -0.2) is 23.4 Å². The maximum absolute atomic E-state index is 11.9. The van der Waals surface area contributed by atoms with Crippen LogP contribution in [0, 0.1) is 21.4 Å². The first-order valence-corrected chi connectivity index (χ1v) is 5.50. The third-order valence-corrected chi connectivity index (χ3v) is 2.76. The Bertz CT molecular complexity index is 561. The summed E-state index contributed by atoms with van der Waals surface area (Å²) in [6.07, 6.45) is 0. The number of nitro benzene ring substituents is 1. The van der Waals surface area contributed by atoms with Crippen molar-refractivity contribution in [3.8, 4) is 6.07 Å². The Kier molecular flexibility index (Phi) is 4.19. The van der Waals surface area contributed by atoms with Crippen molar-refractivity contribution < 1.29 is 9.72 Å². The molecule has 100 valence electrons. The fraction of sp³-hybridized carbons (Fsp3) is 0.333. The van der Waals surface area contributed by atoms with E-state index in [2.05, 4.69) is 10.6 Å². The summed E-state index contributed by atoms with van der Waals surface area (Å²) in [7, 11) is 1.62. The van der Waals surface area contributed by atoms with Crippen LogP contribution in [0.5, 0.6) is 0 Å². The summed E-state index contributed by atoms with van der Waals surface area (Å²) in [4.78, 5) is 22.2. The number of nitro groups is 1. The molecule has 1 amide bonds. The molecule has 0 saturated carbocycles. The molecule has 1 aromatic rings. The van der Waals surface area contributed by atoms with Gasteiger partial charge in [-0.25, -0.2) is 0 Å². The number of carbonyl (C=O) groups is 1. The van der Waals surface area contributed by atoms with Gasteiger partial charge in [-0.2, -0.15) is 5.26 Å². The van der Waals surface area contributed by atoms with Crippen molar-refractivity contribution in [2.45, 2.75) is 19.4 Å². The van der Waals surface area contributed by atoms with Gasteiger partial charge >= 0.3 is 0 Å². The second-order valence-electron chi connectivity index (χ2n) is 4.43. The minimum absolute atomic E-state index is 0.0670. The monoisotopic (exact) mass is 262 g/mol. The van der Waals surface area contributed by atoms with Crippen LogP contribution in [0.1, 0.15) is 19.4 Å². The molecule has 0 aliphatic carbocycles. The fourth-order valence-electron chi connectivity index (χ4n) is 1.25. The maximum atomic E-state index is 11.9. The first kappa shape index (κ1) is 14.6. The van der Waals surface area contributed by atoms with Crippen molar-refractivity contribution in [2.75, 3.05) is 12.4 Å². The predicted molar refractivity (Wildman–Crippen MR) is 69.6 cm³/mol. The average Bonchev–Trinajstić information content (AvgIpc) is 2.38. The van der Waals surface area contributed by atoms with E-state index >= 15 is 0 Å². The van der Waals surface area contributed by atoms with Crippen molar-refractivity contribution in [3.63, 3.8) is 0 Å². The summed E-state index contributed by atoms with van der Waals surface area (Å²) < 4.78 is 0. The van der Waals surface area contributed by atoms with Gasteiger partial charge in [0.2, 0.25) is 5.91 Å². The van der Waals surface area contributed by atoms with Gasteiger partial charge in [0.05, 0.1) is 22.1 Å². The topological polar surface area (TPSA) is 108 Å². The zero-order chi connectivity index (χ0) is 14.6. The fourth-order valence-corrected chi connectivity index (χ4v) is 1.25. The van der Waals surface area contributed by atoms with Crippen LogP contribution in [0.15, 0.2) is 18.2 Å². The van der Waals surface area contributed by atoms with Gasteiger partial charge in [-0.15, -0.1) is 0 Å². The molecule has 0 heterocycles. The molecule has 0 bridgehead atoms. The molecule has 0 atom stereocenters. The second-order valence-corrected chi connectivity index (χ2v) is 4.43. The Morgan fingerprint density at radius 1 is 1.47 bits per heavy atom. The first-order valence-electron chi connectivity index (χ1n) is 5.50. The normalized spacial score (nSPS) is 10.6. The summed E-state index contributed by atoms with van der Waals surface area (Å²) in [5.41, 5.74) is -0.934. The van der Waals surface area contributed by atoms with Crippen LogP contribution in [0.2, 0.25) is 0 Å². The zero-order valence-corrected chi connectivity index (χ0v) is 10.9. The molecule has 0 aliphatic rings. The minimum Gasteiger partial charge on any atom is -0.319 e. The highest BCUT2D eigenvalue weighted by molar-refractivity contribution is 5.99. The molecule has 0 radical (unpaired) electrons. The summed E-state index contributed by atoms with van der Waals surface area (Å²) in [5.74, 6) is -0.400. The molecular formula is C12H14N4O3. The summed E-state index contributed by atoms with van der Waals surface area (Å²) in [6, 6.07) is 5.70. The highest BCUT2D eigenvalue weighted by atomic mass is 16.6. The van der Waals surface area contributed by atoms with E-state index in [0.29, 0.717) is 0 Å². The zero-order valence-electron chi connectivity index (χ0n) is 10.9. The Morgan fingerprint density at radius 3 is 2.58 bits per heavy atom. The van der Waals surface area contributed by atoms with Gasteiger partial charge in [-0.1, -0.05) is 0 Å². The first-order chi connectivity index (χ1) is 8.81. The SMILES string of the molecule is CNC(C)(C)C(=O)Nc1ccc(C#N)cc1[N+](=O)[O-]. The van der Waals surface area contributed by atoms with E-state index in [0.717, 1.165) is 6.07 Å². The highest BCUT2D eigenvalue weighted by Gasteiger charge is 2.27. The lowest BCUT2D eigenvalue weighted by atomic mass is 10.0. The van der Waals surface area contributed by atoms with Gasteiger partial charge in [0.15, 0.2) is 0 Å². The lowest BCUT2D eigenvalue weighted by Crippen LogP contribution is -2.47. The predicted octanol–water partition coefficient (Wildman–Crippen LogP) is 1.40. The number of nitriles is 1. The molecule has 7 nitrogen and oxygen atoms in total. The summed E-state index contributed by atoms with van der Waals surface area (Å²) >= 11 is 0. The van der Waals surface area contributed by atoms with E-state index in [9.17, 15) is 14.9 Å². The van der Waals surface area contributed by atoms with Crippen LogP contribution >= 0.6 is 0 Å². The third-order valence-electron chi connectivity index (χ3n) is 2.76. The summed E-state index contributed by atoms with van der Waals surface area (Å²) in [6.45, 7) is 3.30. The van der Waals surface area contributed by atoms with Crippen LogP contribution in [0.4, 0.5) is 11.4 Å². The Morgan fingerprint density at radius 2 is 2.11 bits per heavy atom. The van der Waals surface area contributed by atoms with Crippen molar-refractivity contribution in [1.82, 2.24) is 5.32 Å². The Hall–Kier alpha value is -2.46. The van der Waals surface area contributed by atoms with E-state index in [1.807, 2.05) is 6.07 Å². The number of likely N-dealkylation sites (N-methyl/N-ethyl adjacent to an activating group) is 1. The molecule has 1 aromatic carbocycles. The lowest BCUT2D eigenvalue weighted by Gasteiger charge is -2.22. The molecule has 19 heavy (non-hydrogen) atoms. The van der Waals surface area contributed by atoms with Gasteiger partial charge in [-0.05, 0) is 33.0 Å². The molecule has 0 spiro atoms. The largest absolute Gasteiger partial charge is 0.319 e. The number of hydrogen-bond donors (Lipinski definition) is 2. The maximum Gasteiger partial charge on any atom is 0.294 e. The van der Waals surface area contributed by atoms with Crippen LogP contribution in [0.25, 0.3) is 0 Å². The number of benzene rings is 1. The quantitative estimate of drug-likeness (QED) is 0.629. The number of carbonyl (C=O) groups excluding carboxylic acids is 1. The number of amides is 1. The van der Waals surface area contributed by atoms with Crippen LogP contribution in [0.3, 0.4) is 0 Å². The number of nitrogens with one attached hydrogen (secondary N) is 2. The van der Waals surface area contributed by atoms with E-state index < -0.39 is 16.4 Å².